The van der Waals surface area contributed by atoms with Gasteiger partial charge in [-0.15, -0.1) is 0 Å². The second-order valence-electron chi connectivity index (χ2n) is 11.3. The smallest absolute Gasteiger partial charge is 1.00 e. The quantitative estimate of drug-likeness (QED) is 0.461. The van der Waals surface area contributed by atoms with E-state index in [1.807, 2.05) is 0 Å². The van der Waals surface area contributed by atoms with Gasteiger partial charge in [-0.05, 0) is 0 Å². The van der Waals surface area contributed by atoms with Crippen LogP contribution in [0.3, 0.4) is 0 Å². The molecule has 5 aliphatic rings. The maximum atomic E-state index is 6.19. The summed E-state index contributed by atoms with van der Waals surface area (Å²) in [4.78, 5) is 2.25. The number of rotatable bonds is 4. The molecular weight excluding hydrogens is 635 g/mol. The second kappa shape index (κ2) is 10.4. The Hall–Kier alpha value is -1.48. The molecule has 2 aromatic carbocycles. The molecule has 0 N–H and O–H groups in total. The molecule has 0 aromatic heterocycles. The minimum Gasteiger partial charge on any atom is -1.00 e. The van der Waals surface area contributed by atoms with Crippen LogP contribution in [0.4, 0.5) is 0 Å². The number of benzene rings is 2. The van der Waals surface area contributed by atoms with E-state index in [9.17, 15) is 0 Å². The molecule has 0 amide bonds. The Morgan fingerprint density at radius 1 is 0.590 bits per heavy atom. The summed E-state index contributed by atoms with van der Waals surface area (Å²) in [6, 6.07) is 22.0. The minimum absolute atomic E-state index is 0. The van der Waals surface area contributed by atoms with Crippen molar-refractivity contribution in [3.63, 3.8) is 0 Å². The summed E-state index contributed by atoms with van der Waals surface area (Å²) < 4.78 is 6.29. The van der Waals surface area contributed by atoms with Crippen molar-refractivity contribution in [2.75, 3.05) is 0 Å². The topological polar surface area (TPSA) is 0 Å². The molecule has 4 aliphatic carbocycles. The molecular formula is C34H30Cl2S2Zr. The van der Waals surface area contributed by atoms with Crippen LogP contribution < -0.4 is 24.8 Å². The average Bonchev–Trinajstić information content (AvgIpc) is 3.29. The van der Waals surface area contributed by atoms with E-state index in [2.05, 4.69) is 101 Å². The Labute approximate surface area is 260 Å². The van der Waals surface area contributed by atoms with E-state index in [0.29, 0.717) is 11.8 Å². The van der Waals surface area contributed by atoms with Gasteiger partial charge in [0.1, 0.15) is 0 Å². The number of fused-ring (bicyclic) bond motifs is 2. The molecule has 196 valence electrons. The van der Waals surface area contributed by atoms with Gasteiger partial charge in [-0.25, -0.2) is 0 Å². The SMILES string of the molecule is CC1=C2C(=S)C(C)=[C]([Zr+2]3([C]4=C(C)C(=S)C5=C(C)C=C(c6ccccc6)C54)[CH2][CH2]3)C2C(c2ccccc2)=C1.[Cl-].[Cl-]. The van der Waals surface area contributed by atoms with E-state index in [1.54, 1.807) is 6.56 Å². The second-order valence-corrected chi connectivity index (χ2v) is 22.6. The zero-order valence-corrected chi connectivity index (χ0v) is 28.2. The van der Waals surface area contributed by atoms with E-state index < -0.39 is 20.3 Å². The fourth-order valence-electron chi connectivity index (χ4n) is 7.70. The van der Waals surface area contributed by atoms with E-state index >= 15 is 0 Å². The number of hydrogen-bond acceptors (Lipinski definition) is 2. The summed E-state index contributed by atoms with van der Waals surface area (Å²) in [6.45, 7) is 9.21. The zero-order chi connectivity index (χ0) is 25.6. The van der Waals surface area contributed by atoms with Gasteiger partial charge in [-0.2, -0.15) is 0 Å². The molecule has 5 heteroatoms. The van der Waals surface area contributed by atoms with Crippen LogP contribution in [-0.4, -0.2) is 9.73 Å². The van der Waals surface area contributed by atoms with Gasteiger partial charge in [0.25, 0.3) is 0 Å². The molecule has 1 aliphatic heterocycles. The molecule has 0 nitrogen and oxygen atoms in total. The van der Waals surface area contributed by atoms with Gasteiger partial charge in [0.15, 0.2) is 0 Å². The zero-order valence-electron chi connectivity index (χ0n) is 22.6. The van der Waals surface area contributed by atoms with Crippen molar-refractivity contribution in [1.29, 1.82) is 0 Å². The molecule has 0 bridgehead atoms. The normalized spacial score (nSPS) is 23.7. The first-order chi connectivity index (χ1) is 17.8. The molecule has 2 aromatic rings. The predicted octanol–water partition coefficient (Wildman–Crippen LogP) is 3.37. The molecule has 39 heavy (non-hydrogen) atoms. The number of thiocarbonyl (C=S) groups is 2. The standard InChI is InChI=1S/2C16H13S.C2H4.2ClH.Zr/c2*1-10-8-13(12-6-4-3-5-7-12)14-9-11(2)16(17)15(10)14;1-2;;;/h2*3-8,14H,1-2H3;1-2H2;2*1H;/q;;;;;+2/p-2. The van der Waals surface area contributed by atoms with E-state index in [0.717, 1.165) is 9.73 Å². The van der Waals surface area contributed by atoms with Gasteiger partial charge in [-0.1, -0.05) is 0 Å². The van der Waals surface area contributed by atoms with Gasteiger partial charge in [0.05, 0.1) is 0 Å². The van der Waals surface area contributed by atoms with Crippen LogP contribution >= 0.6 is 24.4 Å². The summed E-state index contributed by atoms with van der Waals surface area (Å²) in [6.07, 6.45) is 4.85. The monoisotopic (exact) mass is 662 g/mol. The molecule has 0 radical (unpaired) electrons. The number of halogens is 2. The van der Waals surface area contributed by atoms with Crippen molar-refractivity contribution in [2.24, 2.45) is 11.8 Å². The molecule has 0 saturated carbocycles. The van der Waals surface area contributed by atoms with Gasteiger partial charge in [0, 0.05) is 0 Å². The molecule has 2 unspecified atom stereocenters. The summed E-state index contributed by atoms with van der Waals surface area (Å²) in [5, 5.41) is 0. The Morgan fingerprint density at radius 2 is 0.949 bits per heavy atom. The summed E-state index contributed by atoms with van der Waals surface area (Å²) >= 11 is 9.44. The fraction of sp³-hybridized carbons (Fsp3) is 0.235. The average molecular weight is 665 g/mol. The Balaban J connectivity index is 0.00000154. The van der Waals surface area contributed by atoms with Crippen LogP contribution in [0.25, 0.3) is 11.1 Å². The Morgan fingerprint density at radius 3 is 1.28 bits per heavy atom. The maximum absolute atomic E-state index is 6.19. The van der Waals surface area contributed by atoms with Crippen LogP contribution in [-0.2, 0) is 20.3 Å². The van der Waals surface area contributed by atoms with Crippen LogP contribution in [0.1, 0.15) is 38.8 Å². The Kier molecular flexibility index (Phi) is 7.75. The molecule has 1 saturated heterocycles. The molecule has 1 heterocycles. The summed E-state index contributed by atoms with van der Waals surface area (Å²) in [5.74, 6) is 0.698. The molecule has 7 rings (SSSR count). The van der Waals surface area contributed by atoms with Crippen LogP contribution in [0.5, 0.6) is 0 Å². The summed E-state index contributed by atoms with van der Waals surface area (Å²) in [7, 11) is 0. The van der Waals surface area contributed by atoms with Gasteiger partial charge >= 0.3 is 237 Å². The predicted molar refractivity (Wildman–Crippen MR) is 161 cm³/mol. The van der Waals surface area contributed by atoms with Crippen molar-refractivity contribution in [3.8, 4) is 0 Å². The van der Waals surface area contributed by atoms with Crippen LogP contribution in [0, 0.1) is 11.8 Å². The first kappa shape index (κ1) is 29.0. The van der Waals surface area contributed by atoms with Crippen molar-refractivity contribution in [3.05, 3.63) is 124 Å². The van der Waals surface area contributed by atoms with Crippen molar-refractivity contribution in [1.82, 2.24) is 0 Å². The Bertz CT molecular complexity index is 1510. The van der Waals surface area contributed by atoms with Crippen LogP contribution in [0.2, 0.25) is 8.26 Å². The molecule has 0 spiro atoms. The molecule has 1 fully saturated rings. The molecule has 2 atom stereocenters. The fourth-order valence-corrected chi connectivity index (χ4v) is 24.9. The van der Waals surface area contributed by atoms with E-state index in [4.69, 9.17) is 24.4 Å². The van der Waals surface area contributed by atoms with Gasteiger partial charge < -0.3 is 24.8 Å². The van der Waals surface area contributed by atoms with Crippen LogP contribution in [0.15, 0.2) is 113 Å². The van der Waals surface area contributed by atoms with Crippen molar-refractivity contribution >= 4 is 45.3 Å². The van der Waals surface area contributed by atoms with Gasteiger partial charge in [0.2, 0.25) is 0 Å². The van der Waals surface area contributed by atoms with E-state index in [1.165, 1.54) is 64.0 Å². The number of hydrogen-bond donors (Lipinski definition) is 0. The van der Waals surface area contributed by atoms with Crippen molar-refractivity contribution in [2.45, 2.75) is 36.0 Å². The number of allylic oxidation sites excluding steroid dienone is 12. The van der Waals surface area contributed by atoms with Crippen molar-refractivity contribution < 1.29 is 45.1 Å². The first-order valence-corrected chi connectivity index (χ1v) is 20.1. The first-order valence-electron chi connectivity index (χ1n) is 13.3. The third kappa shape index (κ3) is 4.06. The van der Waals surface area contributed by atoms with Gasteiger partial charge in [-0.3, -0.25) is 0 Å². The third-order valence-corrected chi connectivity index (χ3v) is 22.4. The largest absolute Gasteiger partial charge is 1.00 e. The van der Waals surface area contributed by atoms with E-state index in [-0.39, 0.29) is 24.8 Å². The third-order valence-electron chi connectivity index (χ3n) is 9.34. The minimum atomic E-state index is -2.95. The maximum Gasteiger partial charge on any atom is -1.00 e. The summed E-state index contributed by atoms with van der Waals surface area (Å²) in [5.41, 5.74) is 14.0.